The molecule has 22 heavy (non-hydrogen) atoms. The molecule has 7 nitrogen and oxygen atoms in total. The fourth-order valence-corrected chi connectivity index (χ4v) is 3.66. The summed E-state index contributed by atoms with van der Waals surface area (Å²) in [5.41, 5.74) is 3.36. The molecule has 0 spiro atoms. The molecule has 3 heterocycles. The standard InChI is InChI=1S/C14H19N5O2S/c1-10-5-13(18-17-10)14-8-15-7-12(16-14)6-11-3-4-19(9-11)22(2,20)21/h5,7-8,11H,3-4,6,9H2,1-2H3,(H,17,18)/t11-/m0/s1. The van der Waals surface area contributed by atoms with Crippen molar-refractivity contribution in [1.82, 2.24) is 24.5 Å². The van der Waals surface area contributed by atoms with Gasteiger partial charge >= 0.3 is 0 Å². The van der Waals surface area contributed by atoms with Crippen molar-refractivity contribution in [2.45, 2.75) is 19.8 Å². The van der Waals surface area contributed by atoms with Crippen molar-refractivity contribution in [3.63, 3.8) is 0 Å². The molecule has 8 heteroatoms. The monoisotopic (exact) mass is 321 g/mol. The summed E-state index contributed by atoms with van der Waals surface area (Å²) in [7, 11) is -3.09. The third-order valence-corrected chi connectivity index (χ3v) is 5.14. The largest absolute Gasteiger partial charge is 0.282 e. The summed E-state index contributed by atoms with van der Waals surface area (Å²) < 4.78 is 24.7. The highest BCUT2D eigenvalue weighted by molar-refractivity contribution is 7.88. The maximum Gasteiger partial charge on any atom is 0.211 e. The molecule has 0 saturated carbocycles. The topological polar surface area (TPSA) is 91.8 Å². The van der Waals surface area contributed by atoms with Crippen LogP contribution in [-0.2, 0) is 16.4 Å². The van der Waals surface area contributed by atoms with Crippen molar-refractivity contribution >= 4 is 10.0 Å². The number of H-pyrrole nitrogens is 1. The average molecular weight is 321 g/mol. The van der Waals surface area contributed by atoms with Crippen molar-refractivity contribution in [2.24, 2.45) is 5.92 Å². The molecule has 1 atom stereocenters. The highest BCUT2D eigenvalue weighted by atomic mass is 32.2. The Morgan fingerprint density at radius 2 is 2.18 bits per heavy atom. The fraction of sp³-hybridized carbons (Fsp3) is 0.500. The fourth-order valence-electron chi connectivity index (χ4n) is 2.74. The Morgan fingerprint density at radius 1 is 1.36 bits per heavy atom. The maximum absolute atomic E-state index is 11.6. The van der Waals surface area contributed by atoms with Gasteiger partial charge in [-0.25, -0.2) is 17.7 Å². The van der Waals surface area contributed by atoms with E-state index in [1.165, 1.54) is 10.6 Å². The third kappa shape index (κ3) is 3.33. The first-order valence-corrected chi connectivity index (χ1v) is 9.05. The number of aromatic amines is 1. The molecule has 1 fully saturated rings. The van der Waals surface area contributed by atoms with Crippen LogP contribution >= 0.6 is 0 Å². The quantitative estimate of drug-likeness (QED) is 0.907. The molecule has 0 unspecified atom stereocenters. The lowest BCUT2D eigenvalue weighted by Gasteiger charge is -2.13. The molecular weight excluding hydrogens is 302 g/mol. The van der Waals surface area contributed by atoms with Crippen LogP contribution in [0.5, 0.6) is 0 Å². The van der Waals surface area contributed by atoms with Gasteiger partial charge in [-0.1, -0.05) is 0 Å². The second-order valence-electron chi connectivity index (χ2n) is 5.81. The molecule has 1 aliphatic heterocycles. The highest BCUT2D eigenvalue weighted by Gasteiger charge is 2.28. The molecule has 118 valence electrons. The first-order chi connectivity index (χ1) is 10.4. The number of hydrogen-bond donors (Lipinski definition) is 1. The van der Waals surface area contributed by atoms with Crippen LogP contribution in [0.3, 0.4) is 0 Å². The smallest absolute Gasteiger partial charge is 0.211 e. The van der Waals surface area contributed by atoms with E-state index in [-0.39, 0.29) is 0 Å². The van der Waals surface area contributed by atoms with E-state index in [2.05, 4.69) is 20.2 Å². The first kappa shape index (κ1) is 15.1. The minimum absolute atomic E-state index is 0.292. The number of hydrogen-bond acceptors (Lipinski definition) is 5. The van der Waals surface area contributed by atoms with Crippen molar-refractivity contribution in [3.8, 4) is 11.4 Å². The Labute approximate surface area is 129 Å². The summed E-state index contributed by atoms with van der Waals surface area (Å²) in [6, 6.07) is 1.93. The molecule has 0 aliphatic carbocycles. The van der Waals surface area contributed by atoms with Gasteiger partial charge in [0.25, 0.3) is 0 Å². The molecule has 2 aromatic heterocycles. The van der Waals surface area contributed by atoms with Gasteiger partial charge in [-0.15, -0.1) is 0 Å². The summed E-state index contributed by atoms with van der Waals surface area (Å²) >= 11 is 0. The van der Waals surface area contributed by atoms with Crippen LogP contribution in [0.25, 0.3) is 11.4 Å². The summed E-state index contributed by atoms with van der Waals surface area (Å²) in [4.78, 5) is 8.83. The van der Waals surface area contributed by atoms with Crippen LogP contribution in [0.2, 0.25) is 0 Å². The van der Waals surface area contributed by atoms with E-state index < -0.39 is 10.0 Å². The normalized spacial score (nSPS) is 19.6. The van der Waals surface area contributed by atoms with E-state index >= 15 is 0 Å². The predicted molar refractivity (Wildman–Crippen MR) is 82.6 cm³/mol. The minimum Gasteiger partial charge on any atom is -0.282 e. The van der Waals surface area contributed by atoms with E-state index in [4.69, 9.17) is 0 Å². The second kappa shape index (κ2) is 5.77. The lowest BCUT2D eigenvalue weighted by Crippen LogP contribution is -2.27. The van der Waals surface area contributed by atoms with Gasteiger partial charge < -0.3 is 0 Å². The third-order valence-electron chi connectivity index (χ3n) is 3.87. The number of nitrogens with zero attached hydrogens (tertiary/aromatic N) is 4. The second-order valence-corrected chi connectivity index (χ2v) is 7.79. The lowest BCUT2D eigenvalue weighted by atomic mass is 10.0. The Hall–Kier alpha value is -1.80. The van der Waals surface area contributed by atoms with Crippen molar-refractivity contribution in [1.29, 1.82) is 0 Å². The van der Waals surface area contributed by atoms with Gasteiger partial charge in [0.15, 0.2) is 0 Å². The van der Waals surface area contributed by atoms with E-state index in [0.717, 1.165) is 35.6 Å². The van der Waals surface area contributed by atoms with Gasteiger partial charge in [0.05, 0.1) is 18.1 Å². The Kier molecular flexibility index (Phi) is 3.96. The van der Waals surface area contributed by atoms with Crippen molar-refractivity contribution in [2.75, 3.05) is 19.3 Å². The van der Waals surface area contributed by atoms with E-state index in [1.54, 1.807) is 12.4 Å². The van der Waals surface area contributed by atoms with E-state index in [0.29, 0.717) is 19.0 Å². The number of sulfonamides is 1. The maximum atomic E-state index is 11.6. The Morgan fingerprint density at radius 3 is 2.82 bits per heavy atom. The van der Waals surface area contributed by atoms with Crippen LogP contribution in [0, 0.1) is 12.8 Å². The summed E-state index contributed by atoms with van der Waals surface area (Å²) in [5, 5.41) is 7.08. The van der Waals surface area contributed by atoms with Gasteiger partial charge in [-0.05, 0) is 31.7 Å². The van der Waals surface area contributed by atoms with Crippen molar-refractivity contribution < 1.29 is 8.42 Å². The molecule has 0 amide bonds. The van der Waals surface area contributed by atoms with Crippen LogP contribution in [0.15, 0.2) is 18.5 Å². The van der Waals surface area contributed by atoms with Gasteiger partial charge in [-0.2, -0.15) is 5.10 Å². The summed E-state index contributed by atoms with van der Waals surface area (Å²) in [6.07, 6.45) is 6.29. The SMILES string of the molecule is Cc1cc(-c2cncc(C[C@@H]3CCN(S(C)(=O)=O)C3)n2)n[nH]1. The van der Waals surface area contributed by atoms with Gasteiger partial charge in [-0.3, -0.25) is 10.1 Å². The summed E-state index contributed by atoms with van der Waals surface area (Å²) in [6.45, 7) is 3.09. The van der Waals surface area contributed by atoms with E-state index in [9.17, 15) is 8.42 Å². The number of aryl methyl sites for hydroxylation is 1. The van der Waals surface area contributed by atoms with Gasteiger partial charge in [0.1, 0.15) is 11.4 Å². The Bertz CT molecular complexity index is 771. The molecule has 3 rings (SSSR count). The molecule has 1 N–H and O–H groups in total. The molecule has 1 aliphatic rings. The summed E-state index contributed by atoms with van der Waals surface area (Å²) in [5.74, 6) is 0.292. The molecule has 0 radical (unpaired) electrons. The zero-order valence-electron chi connectivity index (χ0n) is 12.7. The molecule has 2 aromatic rings. The zero-order valence-corrected chi connectivity index (χ0v) is 13.5. The predicted octanol–water partition coefficient (Wildman–Crippen LogP) is 0.999. The Balaban J connectivity index is 1.72. The van der Waals surface area contributed by atoms with Gasteiger partial charge in [0, 0.05) is 25.0 Å². The average Bonchev–Trinajstić information content (AvgIpc) is 3.08. The minimum atomic E-state index is -3.09. The molecule has 1 saturated heterocycles. The van der Waals surface area contributed by atoms with Crippen LogP contribution in [-0.4, -0.2) is 52.2 Å². The highest BCUT2D eigenvalue weighted by Crippen LogP contribution is 2.23. The van der Waals surface area contributed by atoms with Gasteiger partial charge in [0.2, 0.25) is 10.0 Å². The first-order valence-electron chi connectivity index (χ1n) is 7.20. The van der Waals surface area contributed by atoms with Crippen LogP contribution in [0.1, 0.15) is 17.8 Å². The number of rotatable bonds is 4. The van der Waals surface area contributed by atoms with Crippen LogP contribution in [0.4, 0.5) is 0 Å². The molecular formula is C14H19N5O2S. The molecule has 0 bridgehead atoms. The zero-order chi connectivity index (χ0) is 15.7. The van der Waals surface area contributed by atoms with Crippen molar-refractivity contribution in [3.05, 3.63) is 29.8 Å². The number of nitrogens with one attached hydrogen (secondary N) is 1. The van der Waals surface area contributed by atoms with Crippen LogP contribution < -0.4 is 0 Å². The number of aromatic nitrogens is 4. The van der Waals surface area contributed by atoms with E-state index in [1.807, 2.05) is 13.0 Å². The molecule has 0 aromatic carbocycles. The lowest BCUT2D eigenvalue weighted by molar-refractivity contribution is 0.459.